The van der Waals surface area contributed by atoms with Gasteiger partial charge >= 0.3 is 0 Å². The average Bonchev–Trinajstić information content (AvgIpc) is 2.17. The van der Waals surface area contributed by atoms with Gasteiger partial charge in [-0.1, -0.05) is 47.0 Å². The zero-order chi connectivity index (χ0) is 11.9. The van der Waals surface area contributed by atoms with Gasteiger partial charge in [-0.2, -0.15) is 0 Å². The highest BCUT2D eigenvalue weighted by Crippen LogP contribution is 2.22. The molecule has 0 amide bonds. The lowest BCUT2D eigenvalue weighted by atomic mass is 9.88. The Labute approximate surface area is 95.4 Å². The van der Waals surface area contributed by atoms with Gasteiger partial charge in [-0.3, -0.25) is 0 Å². The van der Waals surface area contributed by atoms with Crippen LogP contribution in [0.15, 0.2) is 0 Å². The highest BCUT2D eigenvalue weighted by atomic mass is 32.2. The van der Waals surface area contributed by atoms with Gasteiger partial charge in [0.2, 0.25) is 0 Å². The van der Waals surface area contributed by atoms with Gasteiger partial charge in [0.15, 0.2) is 0 Å². The molecule has 0 aliphatic carbocycles. The summed E-state index contributed by atoms with van der Waals surface area (Å²) in [4.78, 5) is 0. The minimum atomic E-state index is -2.77. The van der Waals surface area contributed by atoms with Crippen molar-refractivity contribution in [1.29, 1.82) is 0 Å². The van der Waals surface area contributed by atoms with Gasteiger partial charge < -0.3 is 0 Å². The van der Waals surface area contributed by atoms with E-state index in [9.17, 15) is 8.42 Å². The monoisotopic (exact) mass is 234 g/mol. The van der Waals surface area contributed by atoms with E-state index in [1.165, 1.54) is 19.3 Å². The molecule has 0 aromatic heterocycles. The summed E-state index contributed by atoms with van der Waals surface area (Å²) < 4.78 is 22.8. The Morgan fingerprint density at radius 3 is 2.07 bits per heavy atom. The summed E-state index contributed by atoms with van der Waals surface area (Å²) in [5.74, 6) is 1.83. The summed E-state index contributed by atoms with van der Waals surface area (Å²) >= 11 is 0. The van der Waals surface area contributed by atoms with Crippen LogP contribution in [0, 0.1) is 11.8 Å². The highest BCUT2D eigenvalue weighted by molar-refractivity contribution is 7.91. The van der Waals surface area contributed by atoms with E-state index in [0.29, 0.717) is 17.6 Å². The first-order valence-electron chi connectivity index (χ1n) is 6.13. The molecule has 0 aliphatic rings. The first-order chi connectivity index (χ1) is 6.93. The lowest BCUT2D eigenvalue weighted by Gasteiger charge is -2.20. The van der Waals surface area contributed by atoms with Crippen LogP contribution in [0.4, 0.5) is 0 Å². The Bertz CT molecular complexity index is 242. The minimum Gasteiger partial charge on any atom is -0.229 e. The Morgan fingerprint density at radius 2 is 1.67 bits per heavy atom. The second-order valence-corrected chi connectivity index (χ2v) is 7.14. The van der Waals surface area contributed by atoms with Gasteiger partial charge in [0.05, 0.1) is 5.75 Å². The lowest BCUT2D eigenvalue weighted by molar-refractivity contribution is 0.340. The Hall–Kier alpha value is -0.0500. The van der Waals surface area contributed by atoms with Gasteiger partial charge in [0.1, 0.15) is 9.84 Å². The summed E-state index contributed by atoms with van der Waals surface area (Å²) in [6, 6.07) is 0. The molecule has 0 aromatic carbocycles. The van der Waals surface area contributed by atoms with Crippen LogP contribution in [-0.2, 0) is 9.84 Å². The Balaban J connectivity index is 4.07. The minimum absolute atomic E-state index is 0.283. The molecule has 0 heterocycles. The van der Waals surface area contributed by atoms with Crippen LogP contribution in [0.25, 0.3) is 0 Å². The van der Waals surface area contributed by atoms with E-state index in [-0.39, 0.29) is 5.75 Å². The molecule has 1 unspecified atom stereocenters. The third-order valence-electron chi connectivity index (χ3n) is 3.11. The van der Waals surface area contributed by atoms with Crippen molar-refractivity contribution in [2.24, 2.45) is 11.8 Å². The lowest BCUT2D eigenvalue weighted by Crippen LogP contribution is -2.16. The third-order valence-corrected chi connectivity index (χ3v) is 4.85. The second kappa shape index (κ2) is 7.26. The summed E-state index contributed by atoms with van der Waals surface area (Å²) in [7, 11) is -2.77. The van der Waals surface area contributed by atoms with Crippen LogP contribution in [0.3, 0.4) is 0 Å². The third kappa shape index (κ3) is 6.93. The topological polar surface area (TPSA) is 34.1 Å². The fourth-order valence-corrected chi connectivity index (χ4v) is 2.70. The fraction of sp³-hybridized carbons (Fsp3) is 1.00. The molecule has 0 N–H and O–H groups in total. The quantitative estimate of drug-likeness (QED) is 0.646. The molecule has 0 saturated heterocycles. The van der Waals surface area contributed by atoms with Crippen molar-refractivity contribution in [3.8, 4) is 0 Å². The maximum atomic E-state index is 11.4. The molecule has 1 atom stereocenters. The molecular weight excluding hydrogens is 208 g/mol. The van der Waals surface area contributed by atoms with Crippen LogP contribution in [-0.4, -0.2) is 19.9 Å². The molecule has 0 spiro atoms. The first-order valence-corrected chi connectivity index (χ1v) is 7.95. The summed E-state index contributed by atoms with van der Waals surface area (Å²) in [5.41, 5.74) is 0. The van der Waals surface area contributed by atoms with Crippen molar-refractivity contribution in [3.63, 3.8) is 0 Å². The molecule has 0 aromatic rings. The normalized spacial score (nSPS) is 14.5. The Morgan fingerprint density at radius 1 is 1.07 bits per heavy atom. The molecule has 3 heteroatoms. The number of hydrogen-bond donors (Lipinski definition) is 0. The van der Waals surface area contributed by atoms with Gasteiger partial charge in [-0.25, -0.2) is 8.42 Å². The van der Waals surface area contributed by atoms with Crippen LogP contribution in [0.5, 0.6) is 0 Å². The molecule has 2 nitrogen and oxygen atoms in total. The predicted octanol–water partition coefficient (Wildman–Crippen LogP) is 3.27. The molecule has 0 fully saturated rings. The zero-order valence-electron chi connectivity index (χ0n) is 10.6. The molecular formula is C12H26O2S. The van der Waals surface area contributed by atoms with Crippen LogP contribution in [0.2, 0.25) is 0 Å². The SMILES string of the molecule is CCCCC(CCS(=O)(=O)CC)C(C)C. The standard InChI is InChI=1S/C12H26O2S/c1-5-7-8-12(11(3)4)9-10-15(13,14)6-2/h11-12H,5-10H2,1-4H3. The van der Waals surface area contributed by atoms with E-state index < -0.39 is 9.84 Å². The second-order valence-electron chi connectivity index (χ2n) is 4.67. The van der Waals surface area contributed by atoms with E-state index in [0.717, 1.165) is 6.42 Å². The van der Waals surface area contributed by atoms with Gasteiger partial charge in [-0.05, 0) is 18.3 Å². The fourth-order valence-electron chi connectivity index (χ4n) is 1.75. The number of unbranched alkanes of at least 4 members (excludes halogenated alkanes) is 1. The number of rotatable bonds is 8. The van der Waals surface area contributed by atoms with E-state index >= 15 is 0 Å². The van der Waals surface area contributed by atoms with Crippen molar-refractivity contribution >= 4 is 9.84 Å². The molecule has 15 heavy (non-hydrogen) atoms. The van der Waals surface area contributed by atoms with E-state index in [4.69, 9.17) is 0 Å². The van der Waals surface area contributed by atoms with Gasteiger partial charge in [0, 0.05) is 5.75 Å². The van der Waals surface area contributed by atoms with Gasteiger partial charge in [0.25, 0.3) is 0 Å². The molecule has 92 valence electrons. The molecule has 0 rings (SSSR count). The van der Waals surface area contributed by atoms with Crippen molar-refractivity contribution in [1.82, 2.24) is 0 Å². The predicted molar refractivity (Wildman–Crippen MR) is 66.8 cm³/mol. The maximum Gasteiger partial charge on any atom is 0.150 e. The van der Waals surface area contributed by atoms with E-state index in [2.05, 4.69) is 20.8 Å². The zero-order valence-corrected chi connectivity index (χ0v) is 11.4. The van der Waals surface area contributed by atoms with Crippen molar-refractivity contribution in [3.05, 3.63) is 0 Å². The molecule has 0 aliphatic heterocycles. The first kappa shape index (κ1) is 14.9. The van der Waals surface area contributed by atoms with E-state index in [1.807, 2.05) is 0 Å². The number of sulfone groups is 1. The molecule has 0 bridgehead atoms. The van der Waals surface area contributed by atoms with Crippen LogP contribution < -0.4 is 0 Å². The Kier molecular flexibility index (Phi) is 7.24. The summed E-state index contributed by atoms with van der Waals surface area (Å²) in [6.07, 6.45) is 4.43. The largest absolute Gasteiger partial charge is 0.229 e. The van der Waals surface area contributed by atoms with Crippen LogP contribution in [0.1, 0.15) is 53.4 Å². The molecule has 0 saturated carbocycles. The highest BCUT2D eigenvalue weighted by Gasteiger charge is 2.16. The summed E-state index contributed by atoms with van der Waals surface area (Å²) in [5, 5.41) is 0. The van der Waals surface area contributed by atoms with Crippen LogP contribution >= 0.6 is 0 Å². The van der Waals surface area contributed by atoms with Gasteiger partial charge in [-0.15, -0.1) is 0 Å². The van der Waals surface area contributed by atoms with E-state index in [1.54, 1.807) is 6.92 Å². The average molecular weight is 234 g/mol. The maximum absolute atomic E-state index is 11.4. The molecule has 0 radical (unpaired) electrons. The smallest absolute Gasteiger partial charge is 0.150 e. The number of hydrogen-bond acceptors (Lipinski definition) is 2. The van der Waals surface area contributed by atoms with Crippen molar-refractivity contribution in [2.45, 2.75) is 53.4 Å². The van der Waals surface area contributed by atoms with Crippen molar-refractivity contribution < 1.29 is 8.42 Å². The van der Waals surface area contributed by atoms with Crippen molar-refractivity contribution in [2.75, 3.05) is 11.5 Å². The summed E-state index contributed by atoms with van der Waals surface area (Å²) in [6.45, 7) is 8.30.